The number of anilines is 2. The average molecular weight is 376 g/mol. The van der Waals surface area contributed by atoms with E-state index in [-0.39, 0.29) is 23.3 Å². The molecular formula is C18H24N4O3S. The Kier molecular flexibility index (Phi) is 5.31. The van der Waals surface area contributed by atoms with E-state index in [9.17, 15) is 9.59 Å². The number of thiophene rings is 1. The van der Waals surface area contributed by atoms with Crippen molar-refractivity contribution in [3.8, 4) is 0 Å². The summed E-state index contributed by atoms with van der Waals surface area (Å²) in [5, 5.41) is 12.4. The fourth-order valence-corrected chi connectivity index (χ4v) is 3.43. The number of piperidine rings is 1. The van der Waals surface area contributed by atoms with E-state index in [1.807, 2.05) is 38.3 Å². The Bertz CT molecular complexity index is 764. The normalized spacial score (nSPS) is 17.8. The molecule has 2 aromatic heterocycles. The summed E-state index contributed by atoms with van der Waals surface area (Å²) in [5.41, 5.74) is 0.641. The highest BCUT2D eigenvalue weighted by molar-refractivity contribution is 7.14. The number of hydrogen-bond donors (Lipinski definition) is 2. The van der Waals surface area contributed by atoms with Gasteiger partial charge in [-0.3, -0.25) is 15.4 Å². The molecule has 0 saturated carbocycles. The Morgan fingerprint density at radius 2 is 2.15 bits per heavy atom. The van der Waals surface area contributed by atoms with Gasteiger partial charge in [-0.05, 0) is 30.4 Å². The number of nitrogens with zero attached hydrogens (tertiary/aromatic N) is 2. The Morgan fingerprint density at radius 3 is 2.81 bits per heavy atom. The van der Waals surface area contributed by atoms with Gasteiger partial charge in [-0.25, -0.2) is 4.79 Å². The molecule has 1 fully saturated rings. The molecule has 1 aliphatic rings. The molecule has 0 spiro atoms. The SMILES string of the molecule is CC(C)(C)c1cc(NC(=O)C2CCCN(C(=O)Nc3cccs3)C2)on1. The number of amides is 3. The van der Waals surface area contributed by atoms with E-state index in [1.165, 1.54) is 11.3 Å². The van der Waals surface area contributed by atoms with Gasteiger partial charge >= 0.3 is 6.03 Å². The minimum Gasteiger partial charge on any atom is -0.338 e. The van der Waals surface area contributed by atoms with Gasteiger partial charge in [0.05, 0.1) is 16.6 Å². The fraction of sp³-hybridized carbons (Fsp3) is 0.500. The molecule has 3 heterocycles. The first-order chi connectivity index (χ1) is 12.3. The van der Waals surface area contributed by atoms with E-state index in [0.717, 1.165) is 23.5 Å². The smallest absolute Gasteiger partial charge is 0.322 e. The second-order valence-corrected chi connectivity index (χ2v) is 8.46. The molecule has 0 bridgehead atoms. The molecule has 2 N–H and O–H groups in total. The van der Waals surface area contributed by atoms with Crippen LogP contribution in [0.3, 0.4) is 0 Å². The van der Waals surface area contributed by atoms with E-state index in [0.29, 0.717) is 19.0 Å². The van der Waals surface area contributed by atoms with Crippen molar-refractivity contribution in [2.75, 3.05) is 23.7 Å². The third kappa shape index (κ3) is 4.43. The van der Waals surface area contributed by atoms with Gasteiger partial charge in [0.15, 0.2) is 0 Å². The van der Waals surface area contributed by atoms with Crippen LogP contribution in [0.15, 0.2) is 28.1 Å². The lowest BCUT2D eigenvalue weighted by Gasteiger charge is -2.31. The maximum absolute atomic E-state index is 12.6. The van der Waals surface area contributed by atoms with E-state index in [2.05, 4.69) is 15.8 Å². The van der Waals surface area contributed by atoms with Gasteiger partial charge in [0.1, 0.15) is 0 Å². The first-order valence-corrected chi connectivity index (χ1v) is 9.58. The van der Waals surface area contributed by atoms with Crippen LogP contribution in [0.4, 0.5) is 15.7 Å². The first kappa shape index (κ1) is 18.4. The second-order valence-electron chi connectivity index (χ2n) is 7.51. The van der Waals surface area contributed by atoms with Crippen LogP contribution < -0.4 is 10.6 Å². The van der Waals surface area contributed by atoms with Crippen molar-refractivity contribution in [3.63, 3.8) is 0 Å². The number of carbonyl (C=O) groups is 2. The van der Waals surface area contributed by atoms with Crippen molar-refractivity contribution < 1.29 is 14.1 Å². The molecule has 140 valence electrons. The molecule has 26 heavy (non-hydrogen) atoms. The molecule has 3 amide bonds. The number of rotatable bonds is 3. The number of nitrogens with one attached hydrogen (secondary N) is 2. The Hall–Kier alpha value is -2.35. The standard InChI is InChI=1S/C18H24N4O3S/c1-18(2,3)13-10-14(25-21-13)19-16(23)12-6-4-8-22(11-12)17(24)20-15-7-5-9-26-15/h5,7,9-10,12H,4,6,8,11H2,1-3H3,(H,19,23)(H,20,24). The van der Waals surface area contributed by atoms with Crippen LogP contribution in [-0.2, 0) is 10.2 Å². The quantitative estimate of drug-likeness (QED) is 0.850. The molecule has 1 saturated heterocycles. The number of likely N-dealkylation sites (tertiary alicyclic amines) is 1. The van der Waals surface area contributed by atoms with Crippen LogP contribution in [0.2, 0.25) is 0 Å². The summed E-state index contributed by atoms with van der Waals surface area (Å²) in [4.78, 5) is 26.6. The molecule has 0 aliphatic carbocycles. The van der Waals surface area contributed by atoms with Crippen LogP contribution in [0, 0.1) is 5.92 Å². The van der Waals surface area contributed by atoms with Gasteiger partial charge in [0.25, 0.3) is 0 Å². The van der Waals surface area contributed by atoms with Crippen molar-refractivity contribution in [2.45, 2.75) is 39.0 Å². The third-order valence-electron chi connectivity index (χ3n) is 4.36. The highest BCUT2D eigenvalue weighted by atomic mass is 32.1. The van der Waals surface area contributed by atoms with Crippen molar-refractivity contribution in [1.29, 1.82) is 0 Å². The zero-order valence-corrected chi connectivity index (χ0v) is 16.1. The molecule has 1 atom stereocenters. The molecule has 1 unspecified atom stereocenters. The summed E-state index contributed by atoms with van der Waals surface area (Å²) < 4.78 is 5.22. The van der Waals surface area contributed by atoms with Crippen LogP contribution in [0.5, 0.6) is 0 Å². The summed E-state index contributed by atoms with van der Waals surface area (Å²) in [6.45, 7) is 7.13. The van der Waals surface area contributed by atoms with Gasteiger partial charge in [-0.2, -0.15) is 0 Å². The summed E-state index contributed by atoms with van der Waals surface area (Å²) in [5.74, 6) is -0.0589. The molecule has 2 aromatic rings. The lowest BCUT2D eigenvalue weighted by atomic mass is 9.92. The van der Waals surface area contributed by atoms with E-state index >= 15 is 0 Å². The van der Waals surface area contributed by atoms with Gasteiger partial charge in [0.2, 0.25) is 11.8 Å². The van der Waals surface area contributed by atoms with Crippen molar-refractivity contribution in [2.24, 2.45) is 5.92 Å². The highest BCUT2D eigenvalue weighted by Crippen LogP contribution is 2.25. The second kappa shape index (κ2) is 7.49. The lowest BCUT2D eigenvalue weighted by Crippen LogP contribution is -2.45. The molecule has 8 heteroatoms. The molecule has 3 rings (SSSR count). The Morgan fingerprint density at radius 1 is 1.35 bits per heavy atom. The summed E-state index contributed by atoms with van der Waals surface area (Å²) in [6.07, 6.45) is 1.54. The summed E-state index contributed by atoms with van der Waals surface area (Å²) >= 11 is 1.47. The third-order valence-corrected chi connectivity index (χ3v) is 5.14. The Balaban J connectivity index is 1.57. The largest absolute Gasteiger partial charge is 0.338 e. The first-order valence-electron chi connectivity index (χ1n) is 8.70. The predicted octanol–water partition coefficient (Wildman–Crippen LogP) is 3.92. The van der Waals surface area contributed by atoms with Crippen LogP contribution in [0.1, 0.15) is 39.3 Å². The lowest BCUT2D eigenvalue weighted by molar-refractivity contribution is -0.121. The van der Waals surface area contributed by atoms with Crippen molar-refractivity contribution >= 4 is 34.2 Å². The van der Waals surface area contributed by atoms with Gasteiger partial charge in [-0.15, -0.1) is 11.3 Å². The predicted molar refractivity (Wildman–Crippen MR) is 101 cm³/mol. The van der Waals surface area contributed by atoms with Gasteiger partial charge in [-0.1, -0.05) is 25.9 Å². The number of aromatic nitrogens is 1. The average Bonchev–Trinajstić information content (AvgIpc) is 3.26. The molecular weight excluding hydrogens is 352 g/mol. The minimum atomic E-state index is -0.263. The number of urea groups is 1. The minimum absolute atomic E-state index is 0.143. The maximum atomic E-state index is 12.6. The fourth-order valence-electron chi connectivity index (χ4n) is 2.82. The molecule has 1 aliphatic heterocycles. The van der Waals surface area contributed by atoms with E-state index < -0.39 is 0 Å². The molecule has 0 aromatic carbocycles. The van der Waals surface area contributed by atoms with Gasteiger partial charge in [0, 0.05) is 24.6 Å². The highest BCUT2D eigenvalue weighted by Gasteiger charge is 2.29. The number of carbonyl (C=O) groups excluding carboxylic acids is 2. The maximum Gasteiger partial charge on any atom is 0.322 e. The number of hydrogen-bond acceptors (Lipinski definition) is 5. The summed E-state index contributed by atoms with van der Waals surface area (Å²) in [6, 6.07) is 5.32. The molecule has 0 radical (unpaired) electrons. The summed E-state index contributed by atoms with van der Waals surface area (Å²) in [7, 11) is 0. The van der Waals surface area contributed by atoms with Crippen molar-refractivity contribution in [1.82, 2.24) is 10.1 Å². The zero-order valence-electron chi connectivity index (χ0n) is 15.2. The van der Waals surface area contributed by atoms with Crippen LogP contribution >= 0.6 is 11.3 Å². The van der Waals surface area contributed by atoms with Crippen LogP contribution in [-0.4, -0.2) is 35.1 Å². The van der Waals surface area contributed by atoms with E-state index in [1.54, 1.807) is 11.0 Å². The van der Waals surface area contributed by atoms with E-state index in [4.69, 9.17) is 4.52 Å². The monoisotopic (exact) mass is 376 g/mol. The Labute approximate surface area is 156 Å². The van der Waals surface area contributed by atoms with Crippen molar-refractivity contribution in [3.05, 3.63) is 29.3 Å². The van der Waals surface area contributed by atoms with Gasteiger partial charge < -0.3 is 9.42 Å². The topological polar surface area (TPSA) is 87.5 Å². The van der Waals surface area contributed by atoms with Crippen LogP contribution in [0.25, 0.3) is 0 Å². The molecule has 7 nitrogen and oxygen atoms in total. The zero-order chi connectivity index (χ0) is 18.7.